The van der Waals surface area contributed by atoms with Crippen LogP contribution in [0.4, 0.5) is 4.79 Å². The van der Waals surface area contributed by atoms with Gasteiger partial charge < -0.3 is 10.1 Å². The Balaban J connectivity index is 1.75. The van der Waals surface area contributed by atoms with Crippen LogP contribution in [-0.4, -0.2) is 36.0 Å². The number of unbranched alkanes of at least 4 members (excludes halogenated alkanes) is 1. The molecule has 0 unspecified atom stereocenters. The average molecular weight is 336 g/mol. The predicted molar refractivity (Wildman–Crippen MR) is 85.0 cm³/mol. The summed E-state index contributed by atoms with van der Waals surface area (Å²) >= 11 is 1.60. The van der Waals surface area contributed by atoms with E-state index < -0.39 is 17.5 Å². The smallest absolute Gasteiger partial charge is 0.326 e. The number of hydrogen-bond acceptors (Lipinski definition) is 5. The van der Waals surface area contributed by atoms with Gasteiger partial charge in [-0.1, -0.05) is 13.3 Å². The van der Waals surface area contributed by atoms with Gasteiger partial charge in [-0.05, 0) is 37.1 Å². The number of esters is 1. The van der Waals surface area contributed by atoms with E-state index in [9.17, 15) is 14.4 Å². The molecule has 0 saturated carbocycles. The Kier molecular flexibility index (Phi) is 4.39. The lowest BCUT2D eigenvalue weighted by molar-refractivity contribution is -0.148. The van der Waals surface area contributed by atoms with Crippen molar-refractivity contribution in [3.8, 4) is 0 Å². The normalized spacial score (nSPS) is 23.1. The van der Waals surface area contributed by atoms with Gasteiger partial charge in [0.2, 0.25) is 0 Å². The van der Waals surface area contributed by atoms with Crippen molar-refractivity contribution < 1.29 is 19.1 Å². The van der Waals surface area contributed by atoms with Gasteiger partial charge in [0.25, 0.3) is 5.91 Å². The molecule has 124 valence electrons. The van der Waals surface area contributed by atoms with Gasteiger partial charge in [-0.2, -0.15) is 0 Å². The molecule has 1 fully saturated rings. The number of nitrogens with zero attached hydrogens (tertiary/aromatic N) is 1. The van der Waals surface area contributed by atoms with Gasteiger partial charge in [0.1, 0.15) is 12.1 Å². The van der Waals surface area contributed by atoms with Crippen LogP contribution in [0.15, 0.2) is 11.4 Å². The van der Waals surface area contributed by atoms with Crippen LogP contribution in [-0.2, 0) is 26.3 Å². The second-order valence-corrected chi connectivity index (χ2v) is 6.91. The Bertz CT molecular complexity index is 642. The number of urea groups is 1. The minimum Gasteiger partial charge on any atom is -0.464 e. The van der Waals surface area contributed by atoms with E-state index in [-0.39, 0.29) is 12.5 Å². The number of nitrogens with one attached hydrogen (secondary N) is 1. The molecular formula is C16H20N2O4S. The first-order valence-electron chi connectivity index (χ1n) is 7.95. The molecule has 1 saturated heterocycles. The molecule has 2 aliphatic rings. The van der Waals surface area contributed by atoms with E-state index in [0.717, 1.165) is 41.0 Å². The van der Waals surface area contributed by atoms with Crippen LogP contribution in [0.25, 0.3) is 0 Å². The number of hydrogen-bond donors (Lipinski definition) is 1. The summed E-state index contributed by atoms with van der Waals surface area (Å²) in [5.41, 5.74) is -0.108. The lowest BCUT2D eigenvalue weighted by Crippen LogP contribution is -2.46. The highest BCUT2D eigenvalue weighted by Gasteiger charge is 2.54. The van der Waals surface area contributed by atoms with Crippen molar-refractivity contribution in [2.45, 2.75) is 44.6 Å². The second-order valence-electron chi connectivity index (χ2n) is 5.91. The van der Waals surface area contributed by atoms with E-state index in [1.165, 1.54) is 0 Å². The van der Waals surface area contributed by atoms with Crippen molar-refractivity contribution in [3.63, 3.8) is 0 Å². The first kappa shape index (κ1) is 16.0. The molecule has 1 spiro atoms. The summed E-state index contributed by atoms with van der Waals surface area (Å²) in [5, 5.41) is 4.76. The van der Waals surface area contributed by atoms with E-state index in [1.807, 2.05) is 18.4 Å². The van der Waals surface area contributed by atoms with Crippen molar-refractivity contribution in [2.24, 2.45) is 0 Å². The third-order valence-electron chi connectivity index (χ3n) is 4.38. The first-order valence-corrected chi connectivity index (χ1v) is 8.83. The summed E-state index contributed by atoms with van der Waals surface area (Å²) in [5.74, 6) is -0.880. The molecule has 1 aromatic rings. The topological polar surface area (TPSA) is 75.7 Å². The standard InChI is InChI=1S/C16H20N2O4S/c1-2-3-8-22-13(19)10-18-14(20)16(17-15(18)21)7-4-5-12-11(16)6-9-23-12/h6,9H,2-5,7-8,10H2,1H3,(H,17,21)/t16-/m1/s1. The molecule has 6 nitrogen and oxygen atoms in total. The summed E-state index contributed by atoms with van der Waals surface area (Å²) in [6.45, 7) is 1.99. The Labute approximate surface area is 138 Å². The molecule has 23 heavy (non-hydrogen) atoms. The molecule has 7 heteroatoms. The zero-order valence-corrected chi connectivity index (χ0v) is 13.9. The van der Waals surface area contributed by atoms with Crippen LogP contribution in [0.5, 0.6) is 0 Å². The fraction of sp³-hybridized carbons (Fsp3) is 0.562. The van der Waals surface area contributed by atoms with Crippen molar-refractivity contribution >= 4 is 29.2 Å². The lowest BCUT2D eigenvalue weighted by atomic mass is 9.80. The van der Waals surface area contributed by atoms with E-state index in [4.69, 9.17) is 4.74 Å². The number of thiophene rings is 1. The molecule has 1 N–H and O–H groups in total. The molecule has 1 aliphatic heterocycles. The average Bonchev–Trinajstić information content (AvgIpc) is 3.09. The minimum absolute atomic E-state index is 0.318. The van der Waals surface area contributed by atoms with E-state index in [2.05, 4.69) is 5.32 Å². The van der Waals surface area contributed by atoms with E-state index in [0.29, 0.717) is 13.0 Å². The van der Waals surface area contributed by atoms with Crippen molar-refractivity contribution in [1.82, 2.24) is 10.2 Å². The Morgan fingerprint density at radius 1 is 1.48 bits per heavy atom. The SMILES string of the molecule is CCCCOC(=O)CN1C(=O)N[C@@]2(CCCc3sccc32)C1=O. The molecular weight excluding hydrogens is 316 g/mol. The molecule has 0 bridgehead atoms. The van der Waals surface area contributed by atoms with Crippen LogP contribution in [0, 0.1) is 0 Å². The van der Waals surface area contributed by atoms with Gasteiger partial charge in [-0.3, -0.25) is 14.5 Å². The quantitative estimate of drug-likeness (QED) is 0.508. The van der Waals surface area contributed by atoms with Crippen molar-refractivity contribution in [3.05, 3.63) is 21.9 Å². The number of imide groups is 1. The molecule has 0 aromatic carbocycles. The molecule has 3 rings (SSSR count). The summed E-state index contributed by atoms with van der Waals surface area (Å²) in [7, 11) is 0. The summed E-state index contributed by atoms with van der Waals surface area (Å²) in [4.78, 5) is 39.1. The number of fused-ring (bicyclic) bond motifs is 2. The Hall–Kier alpha value is -1.89. The molecule has 1 aromatic heterocycles. The Morgan fingerprint density at radius 2 is 2.30 bits per heavy atom. The largest absolute Gasteiger partial charge is 0.464 e. The second kappa shape index (κ2) is 6.31. The Morgan fingerprint density at radius 3 is 3.09 bits per heavy atom. The minimum atomic E-state index is -0.992. The monoisotopic (exact) mass is 336 g/mol. The number of carbonyl (C=O) groups is 3. The van der Waals surface area contributed by atoms with Gasteiger partial charge in [0, 0.05) is 10.4 Å². The summed E-state index contributed by atoms with van der Waals surface area (Å²) in [6, 6.07) is 1.39. The molecule has 1 aliphatic carbocycles. The van der Waals surface area contributed by atoms with Gasteiger partial charge >= 0.3 is 12.0 Å². The van der Waals surface area contributed by atoms with Crippen LogP contribution < -0.4 is 5.32 Å². The van der Waals surface area contributed by atoms with E-state index >= 15 is 0 Å². The lowest BCUT2D eigenvalue weighted by Gasteiger charge is -2.31. The predicted octanol–water partition coefficient (Wildman–Crippen LogP) is 2.17. The van der Waals surface area contributed by atoms with E-state index in [1.54, 1.807) is 11.3 Å². The highest BCUT2D eigenvalue weighted by molar-refractivity contribution is 7.10. The number of amides is 3. The van der Waals surface area contributed by atoms with Crippen LogP contribution in [0.3, 0.4) is 0 Å². The third-order valence-corrected chi connectivity index (χ3v) is 5.37. The number of carbonyl (C=O) groups excluding carboxylic acids is 3. The summed E-state index contributed by atoms with van der Waals surface area (Å²) in [6.07, 6.45) is 4.03. The van der Waals surface area contributed by atoms with Crippen molar-refractivity contribution in [2.75, 3.05) is 13.2 Å². The fourth-order valence-electron chi connectivity index (χ4n) is 3.19. The maximum Gasteiger partial charge on any atom is 0.326 e. The zero-order chi connectivity index (χ0) is 16.4. The molecule has 2 heterocycles. The summed E-state index contributed by atoms with van der Waals surface area (Å²) < 4.78 is 5.06. The number of ether oxygens (including phenoxy) is 1. The van der Waals surface area contributed by atoms with Gasteiger partial charge in [0.15, 0.2) is 0 Å². The maximum absolute atomic E-state index is 12.9. The van der Waals surface area contributed by atoms with Gasteiger partial charge in [0.05, 0.1) is 6.61 Å². The van der Waals surface area contributed by atoms with Crippen LogP contribution in [0.1, 0.15) is 43.0 Å². The number of rotatable bonds is 5. The molecule has 3 amide bonds. The van der Waals surface area contributed by atoms with Gasteiger partial charge in [-0.25, -0.2) is 4.79 Å². The molecule has 0 radical (unpaired) electrons. The zero-order valence-electron chi connectivity index (χ0n) is 13.1. The van der Waals surface area contributed by atoms with Gasteiger partial charge in [-0.15, -0.1) is 11.3 Å². The maximum atomic E-state index is 12.9. The molecule has 1 atom stereocenters. The highest BCUT2D eigenvalue weighted by Crippen LogP contribution is 2.41. The van der Waals surface area contributed by atoms with Crippen molar-refractivity contribution in [1.29, 1.82) is 0 Å². The number of aryl methyl sites for hydroxylation is 1. The third kappa shape index (κ3) is 2.73. The highest BCUT2D eigenvalue weighted by atomic mass is 32.1. The van der Waals surface area contributed by atoms with Crippen LogP contribution in [0.2, 0.25) is 0 Å². The van der Waals surface area contributed by atoms with Crippen LogP contribution >= 0.6 is 11.3 Å². The fourth-order valence-corrected chi connectivity index (χ4v) is 4.19. The first-order chi connectivity index (χ1) is 11.1.